The molecule has 0 aromatic carbocycles. The van der Waals surface area contributed by atoms with Crippen LogP contribution in [-0.2, 0) is 22.1 Å². The van der Waals surface area contributed by atoms with Gasteiger partial charge in [-0.3, -0.25) is 4.57 Å². The van der Waals surface area contributed by atoms with Gasteiger partial charge in [-0.1, -0.05) is 5.16 Å². The first-order valence-corrected chi connectivity index (χ1v) is 7.18. The Labute approximate surface area is 102 Å². The van der Waals surface area contributed by atoms with Gasteiger partial charge in [-0.05, 0) is 6.92 Å². The molecule has 0 saturated heterocycles. The lowest BCUT2D eigenvalue weighted by atomic mass is 10.3. The highest BCUT2D eigenvalue weighted by Crippen LogP contribution is 2.42. The van der Waals surface area contributed by atoms with Crippen molar-refractivity contribution in [1.29, 1.82) is 0 Å². The Morgan fingerprint density at radius 1 is 1.62 bits per heavy atom. The summed E-state index contributed by atoms with van der Waals surface area (Å²) in [5.74, 6) is 0.646. The monoisotopic (exact) mass is 268 g/mol. The van der Waals surface area contributed by atoms with Crippen molar-refractivity contribution in [2.24, 2.45) is 5.73 Å². The van der Waals surface area contributed by atoms with Crippen molar-refractivity contribution in [3.63, 3.8) is 0 Å². The highest BCUT2D eigenvalue weighted by atomic mass is 35.5. The lowest BCUT2D eigenvalue weighted by molar-refractivity contribution is 0.336. The Morgan fingerprint density at radius 3 is 2.81 bits per heavy atom. The van der Waals surface area contributed by atoms with E-state index >= 15 is 0 Å². The van der Waals surface area contributed by atoms with E-state index in [1.165, 1.54) is 0 Å². The van der Waals surface area contributed by atoms with Crippen molar-refractivity contribution < 1.29 is 13.6 Å². The molecule has 0 amide bonds. The molecule has 1 rings (SSSR count). The lowest BCUT2D eigenvalue weighted by Crippen LogP contribution is -1.98. The fourth-order valence-corrected chi connectivity index (χ4v) is 2.54. The van der Waals surface area contributed by atoms with Crippen LogP contribution >= 0.6 is 19.8 Å². The van der Waals surface area contributed by atoms with Crippen LogP contribution in [-0.4, -0.2) is 24.6 Å². The van der Waals surface area contributed by atoms with Crippen LogP contribution in [0.15, 0.2) is 10.6 Å². The second-order valence-corrected chi connectivity index (χ2v) is 6.13. The summed E-state index contributed by atoms with van der Waals surface area (Å²) >= 11 is 0. The molecule has 94 valence electrons. The zero-order valence-electron chi connectivity index (χ0n) is 9.51. The first-order chi connectivity index (χ1) is 7.07. The number of aryl methyl sites for hydroxylation is 1. The van der Waals surface area contributed by atoms with E-state index in [0.29, 0.717) is 31.5 Å². The third-order valence-electron chi connectivity index (χ3n) is 1.99. The summed E-state index contributed by atoms with van der Waals surface area (Å²) in [4.78, 5) is 0. The maximum atomic E-state index is 11.8. The summed E-state index contributed by atoms with van der Waals surface area (Å²) in [7, 11) is -2.47. The standard InChI is InChI=1S/C9H17N2O3P.ClH/c1-3-13-15(2,12)5-4-8-6-9(7-10)14-11-8;/h6H,3-5,7,10H2,1-2H3;1H. The molecule has 0 aliphatic rings. The van der Waals surface area contributed by atoms with E-state index in [1.54, 1.807) is 12.7 Å². The van der Waals surface area contributed by atoms with Gasteiger partial charge in [0.25, 0.3) is 0 Å². The number of nitrogens with zero attached hydrogens (tertiary/aromatic N) is 1. The quantitative estimate of drug-likeness (QED) is 0.799. The summed E-state index contributed by atoms with van der Waals surface area (Å²) in [5, 5.41) is 3.82. The number of nitrogens with two attached hydrogens (primary N) is 1. The van der Waals surface area contributed by atoms with E-state index in [9.17, 15) is 4.57 Å². The molecule has 2 N–H and O–H groups in total. The number of aromatic nitrogens is 1. The minimum atomic E-state index is -2.47. The maximum Gasteiger partial charge on any atom is 0.200 e. The molecule has 0 aliphatic carbocycles. The minimum Gasteiger partial charge on any atom is -0.360 e. The molecular weight excluding hydrogens is 251 g/mol. The molecule has 1 atom stereocenters. The number of hydrogen-bond donors (Lipinski definition) is 1. The third-order valence-corrected chi connectivity index (χ3v) is 3.83. The SMILES string of the molecule is CCOP(C)(=O)CCc1cc(CN)on1.Cl. The van der Waals surface area contributed by atoms with E-state index in [1.807, 2.05) is 6.92 Å². The van der Waals surface area contributed by atoms with Crippen LogP contribution in [0.3, 0.4) is 0 Å². The molecule has 7 heteroatoms. The summed E-state index contributed by atoms with van der Waals surface area (Å²) in [5.41, 5.74) is 6.15. The van der Waals surface area contributed by atoms with E-state index < -0.39 is 7.37 Å². The molecule has 0 saturated carbocycles. The molecule has 0 bridgehead atoms. The largest absolute Gasteiger partial charge is 0.360 e. The molecule has 1 heterocycles. The first kappa shape index (κ1) is 15.7. The fraction of sp³-hybridized carbons (Fsp3) is 0.667. The van der Waals surface area contributed by atoms with Crippen LogP contribution in [0, 0.1) is 0 Å². The van der Waals surface area contributed by atoms with Crippen LogP contribution in [0.1, 0.15) is 18.4 Å². The van der Waals surface area contributed by atoms with Crippen molar-refractivity contribution in [2.75, 3.05) is 19.4 Å². The maximum absolute atomic E-state index is 11.8. The predicted molar refractivity (Wildman–Crippen MR) is 65.4 cm³/mol. The predicted octanol–water partition coefficient (Wildman–Crippen LogP) is 2.04. The Kier molecular flexibility index (Phi) is 6.91. The zero-order chi connectivity index (χ0) is 11.3. The van der Waals surface area contributed by atoms with Crippen LogP contribution in [0.25, 0.3) is 0 Å². The molecule has 1 unspecified atom stereocenters. The average molecular weight is 269 g/mol. The smallest absolute Gasteiger partial charge is 0.200 e. The second-order valence-electron chi connectivity index (χ2n) is 3.39. The summed E-state index contributed by atoms with van der Waals surface area (Å²) in [6.45, 7) is 4.28. The molecule has 0 aliphatic heterocycles. The van der Waals surface area contributed by atoms with Crippen molar-refractivity contribution in [3.8, 4) is 0 Å². The van der Waals surface area contributed by atoms with Gasteiger partial charge in [0.2, 0.25) is 7.37 Å². The minimum absolute atomic E-state index is 0. The van der Waals surface area contributed by atoms with Gasteiger partial charge in [0, 0.05) is 25.3 Å². The van der Waals surface area contributed by atoms with Crippen molar-refractivity contribution >= 4 is 19.8 Å². The number of hydrogen-bond acceptors (Lipinski definition) is 5. The van der Waals surface area contributed by atoms with Gasteiger partial charge in [0.05, 0.1) is 18.8 Å². The Balaban J connectivity index is 0.00000225. The number of rotatable bonds is 6. The topological polar surface area (TPSA) is 78.4 Å². The molecule has 0 spiro atoms. The zero-order valence-corrected chi connectivity index (χ0v) is 11.2. The van der Waals surface area contributed by atoms with E-state index in [0.717, 1.165) is 5.69 Å². The molecule has 1 aromatic rings. The fourth-order valence-electron chi connectivity index (χ4n) is 1.23. The normalized spacial score (nSPS) is 14.2. The second kappa shape index (κ2) is 7.07. The highest BCUT2D eigenvalue weighted by molar-refractivity contribution is 7.58. The Bertz CT molecular complexity index is 356. The summed E-state index contributed by atoms with van der Waals surface area (Å²) in [6, 6.07) is 1.78. The number of halogens is 1. The van der Waals surface area contributed by atoms with Crippen LogP contribution in [0.5, 0.6) is 0 Å². The lowest BCUT2D eigenvalue weighted by Gasteiger charge is -2.10. The summed E-state index contributed by atoms with van der Waals surface area (Å²) < 4.78 is 21.8. The van der Waals surface area contributed by atoms with Crippen LogP contribution in [0.2, 0.25) is 0 Å². The van der Waals surface area contributed by atoms with Crippen LogP contribution < -0.4 is 5.73 Å². The van der Waals surface area contributed by atoms with Crippen molar-refractivity contribution in [2.45, 2.75) is 19.9 Å². The first-order valence-electron chi connectivity index (χ1n) is 4.93. The van der Waals surface area contributed by atoms with Crippen molar-refractivity contribution in [3.05, 3.63) is 17.5 Å². The average Bonchev–Trinajstić information content (AvgIpc) is 2.62. The molecular formula is C9H18ClN2O3P. The third kappa shape index (κ3) is 5.12. The Hall–Kier alpha value is -0.350. The molecule has 16 heavy (non-hydrogen) atoms. The van der Waals surface area contributed by atoms with E-state index in [4.69, 9.17) is 14.8 Å². The molecule has 0 radical (unpaired) electrons. The van der Waals surface area contributed by atoms with E-state index in [-0.39, 0.29) is 12.4 Å². The Morgan fingerprint density at radius 2 is 2.31 bits per heavy atom. The van der Waals surface area contributed by atoms with Gasteiger partial charge in [-0.15, -0.1) is 12.4 Å². The van der Waals surface area contributed by atoms with E-state index in [2.05, 4.69) is 5.16 Å². The van der Waals surface area contributed by atoms with Gasteiger partial charge in [-0.2, -0.15) is 0 Å². The molecule has 5 nitrogen and oxygen atoms in total. The van der Waals surface area contributed by atoms with Crippen LogP contribution in [0.4, 0.5) is 0 Å². The molecule has 0 fully saturated rings. The van der Waals surface area contributed by atoms with Gasteiger partial charge in [0.1, 0.15) is 0 Å². The molecule has 1 aromatic heterocycles. The summed E-state index contributed by atoms with van der Waals surface area (Å²) in [6.07, 6.45) is 1.08. The van der Waals surface area contributed by atoms with Gasteiger partial charge in [0.15, 0.2) is 5.76 Å². The van der Waals surface area contributed by atoms with Gasteiger partial charge in [-0.25, -0.2) is 0 Å². The van der Waals surface area contributed by atoms with Crippen molar-refractivity contribution in [1.82, 2.24) is 5.16 Å². The highest BCUT2D eigenvalue weighted by Gasteiger charge is 2.16. The van der Waals surface area contributed by atoms with Gasteiger partial charge >= 0.3 is 0 Å². The van der Waals surface area contributed by atoms with Gasteiger partial charge < -0.3 is 14.8 Å².